The lowest BCUT2D eigenvalue weighted by molar-refractivity contribution is 0.553. The van der Waals surface area contributed by atoms with E-state index in [2.05, 4.69) is 58.7 Å². The van der Waals surface area contributed by atoms with Gasteiger partial charge in [-0.3, -0.25) is 0 Å². The summed E-state index contributed by atoms with van der Waals surface area (Å²) in [4.78, 5) is 1.36. The fraction of sp³-hybridized carbons (Fsp3) is 0.333. The fourth-order valence-corrected chi connectivity index (χ4v) is 3.43. The van der Waals surface area contributed by atoms with Crippen LogP contribution >= 0.6 is 27.3 Å². The molecule has 0 amide bonds. The van der Waals surface area contributed by atoms with Crippen molar-refractivity contribution in [3.8, 4) is 0 Å². The van der Waals surface area contributed by atoms with Gasteiger partial charge in [0.25, 0.3) is 0 Å². The predicted octanol–water partition coefficient (Wildman–Crippen LogP) is 5.21. The van der Waals surface area contributed by atoms with E-state index in [-0.39, 0.29) is 0 Å². The summed E-state index contributed by atoms with van der Waals surface area (Å²) >= 11 is 5.37. The molecule has 0 spiro atoms. The normalized spacial score (nSPS) is 12.7. The molecule has 2 rings (SSSR count). The average Bonchev–Trinajstić information content (AvgIpc) is 2.85. The second-order valence-electron chi connectivity index (χ2n) is 5.07. The Bertz CT molecular complexity index is 550. The van der Waals surface area contributed by atoms with Crippen LogP contribution in [0.5, 0.6) is 0 Å². The molecule has 4 heteroatoms. The van der Waals surface area contributed by atoms with Gasteiger partial charge in [-0.1, -0.05) is 19.9 Å². The van der Waals surface area contributed by atoms with Crippen LogP contribution in [0.1, 0.15) is 30.3 Å². The van der Waals surface area contributed by atoms with Gasteiger partial charge >= 0.3 is 0 Å². The zero-order valence-corrected chi connectivity index (χ0v) is 13.8. The van der Waals surface area contributed by atoms with Gasteiger partial charge in [-0.2, -0.15) is 0 Å². The maximum Gasteiger partial charge on any atom is 0.0629 e. The van der Waals surface area contributed by atoms with Crippen LogP contribution in [0.15, 0.2) is 34.1 Å². The molecule has 0 aliphatic heterocycles. The lowest BCUT2D eigenvalue weighted by Gasteiger charge is -2.23. The van der Waals surface area contributed by atoms with Crippen molar-refractivity contribution in [2.24, 2.45) is 5.92 Å². The first kappa shape index (κ1) is 14.4. The molecule has 1 aromatic carbocycles. The van der Waals surface area contributed by atoms with E-state index in [1.165, 1.54) is 4.88 Å². The second kappa shape index (κ2) is 5.97. The Balaban J connectivity index is 2.30. The molecule has 1 atom stereocenters. The van der Waals surface area contributed by atoms with Crippen LogP contribution in [0.3, 0.4) is 0 Å². The van der Waals surface area contributed by atoms with Gasteiger partial charge in [-0.25, -0.2) is 0 Å². The lowest BCUT2D eigenvalue weighted by atomic mass is 10.0. The number of nitrogen functional groups attached to an aromatic ring is 1. The van der Waals surface area contributed by atoms with Gasteiger partial charge in [-0.15, -0.1) is 11.3 Å². The van der Waals surface area contributed by atoms with Gasteiger partial charge in [0, 0.05) is 20.7 Å². The van der Waals surface area contributed by atoms with E-state index >= 15 is 0 Å². The van der Waals surface area contributed by atoms with Crippen LogP contribution in [0.4, 0.5) is 11.4 Å². The Morgan fingerprint density at radius 1 is 1.32 bits per heavy atom. The van der Waals surface area contributed by atoms with Crippen molar-refractivity contribution in [3.05, 3.63) is 44.6 Å². The maximum atomic E-state index is 5.92. The Kier molecular flexibility index (Phi) is 4.53. The minimum Gasteiger partial charge on any atom is -0.398 e. The van der Waals surface area contributed by atoms with E-state index < -0.39 is 0 Å². The van der Waals surface area contributed by atoms with Crippen LogP contribution in [-0.4, -0.2) is 0 Å². The summed E-state index contributed by atoms with van der Waals surface area (Å²) in [5, 5.41) is 5.75. The molecule has 102 valence electrons. The third-order valence-electron chi connectivity index (χ3n) is 3.18. The van der Waals surface area contributed by atoms with Crippen molar-refractivity contribution < 1.29 is 0 Å². The van der Waals surface area contributed by atoms with E-state index in [0.717, 1.165) is 21.4 Å². The van der Waals surface area contributed by atoms with Gasteiger partial charge in [0.05, 0.1) is 6.04 Å². The quantitative estimate of drug-likeness (QED) is 0.751. The number of thiophene rings is 1. The van der Waals surface area contributed by atoms with Crippen LogP contribution in [0.25, 0.3) is 0 Å². The average molecular weight is 339 g/mol. The summed E-state index contributed by atoms with van der Waals surface area (Å²) in [7, 11) is 0. The van der Waals surface area contributed by atoms with Crippen LogP contribution in [0, 0.1) is 12.8 Å². The van der Waals surface area contributed by atoms with Gasteiger partial charge in [0.1, 0.15) is 0 Å². The van der Waals surface area contributed by atoms with Gasteiger partial charge in [0.2, 0.25) is 0 Å². The lowest BCUT2D eigenvalue weighted by Crippen LogP contribution is -2.16. The molecule has 0 radical (unpaired) electrons. The molecule has 1 unspecified atom stereocenters. The highest BCUT2D eigenvalue weighted by atomic mass is 79.9. The Morgan fingerprint density at radius 2 is 2.05 bits per heavy atom. The van der Waals surface area contributed by atoms with E-state index in [4.69, 9.17) is 5.73 Å². The van der Waals surface area contributed by atoms with Gasteiger partial charge in [0.15, 0.2) is 0 Å². The van der Waals surface area contributed by atoms with Crippen molar-refractivity contribution in [2.45, 2.75) is 26.8 Å². The summed E-state index contributed by atoms with van der Waals surface area (Å²) in [6.07, 6.45) is 0. The number of anilines is 2. The Labute approximate surface area is 127 Å². The first-order valence-corrected chi connectivity index (χ1v) is 8.02. The highest BCUT2D eigenvalue weighted by Crippen LogP contribution is 2.34. The number of hydrogen-bond acceptors (Lipinski definition) is 3. The van der Waals surface area contributed by atoms with Crippen molar-refractivity contribution >= 4 is 38.6 Å². The van der Waals surface area contributed by atoms with Crippen molar-refractivity contribution in [3.63, 3.8) is 0 Å². The van der Waals surface area contributed by atoms with Crippen LogP contribution < -0.4 is 11.1 Å². The topological polar surface area (TPSA) is 38.0 Å². The molecule has 3 N–H and O–H groups in total. The molecular formula is C15H19BrN2S. The first-order valence-electron chi connectivity index (χ1n) is 6.34. The predicted molar refractivity (Wildman–Crippen MR) is 88.8 cm³/mol. The zero-order chi connectivity index (χ0) is 14.0. The SMILES string of the molecule is Cc1cc(NC(c2cccs2)C(C)C)c(Br)cc1N. The highest BCUT2D eigenvalue weighted by molar-refractivity contribution is 9.10. The molecule has 2 aromatic rings. The summed E-state index contributed by atoms with van der Waals surface area (Å²) < 4.78 is 1.01. The molecule has 0 aliphatic carbocycles. The van der Waals surface area contributed by atoms with E-state index in [9.17, 15) is 0 Å². The Hall–Kier alpha value is -1.00. The molecule has 19 heavy (non-hydrogen) atoms. The third kappa shape index (κ3) is 3.31. The van der Waals surface area contributed by atoms with Crippen molar-refractivity contribution in [2.75, 3.05) is 11.1 Å². The number of nitrogens with one attached hydrogen (secondary N) is 1. The van der Waals surface area contributed by atoms with Crippen LogP contribution in [-0.2, 0) is 0 Å². The largest absolute Gasteiger partial charge is 0.398 e. The number of benzene rings is 1. The highest BCUT2D eigenvalue weighted by Gasteiger charge is 2.18. The summed E-state index contributed by atoms with van der Waals surface area (Å²) in [5.41, 5.74) is 8.93. The number of rotatable bonds is 4. The zero-order valence-electron chi connectivity index (χ0n) is 11.4. The number of hydrogen-bond donors (Lipinski definition) is 2. The summed E-state index contributed by atoms with van der Waals surface area (Å²) in [5.74, 6) is 0.517. The van der Waals surface area contributed by atoms with E-state index in [1.807, 2.05) is 13.0 Å². The molecule has 1 heterocycles. The number of nitrogens with two attached hydrogens (primary N) is 1. The van der Waals surface area contributed by atoms with E-state index in [1.54, 1.807) is 11.3 Å². The maximum absolute atomic E-state index is 5.92. The van der Waals surface area contributed by atoms with Gasteiger partial charge in [-0.05, 0) is 57.9 Å². The molecule has 2 nitrogen and oxygen atoms in total. The smallest absolute Gasteiger partial charge is 0.0629 e. The molecule has 0 saturated heterocycles. The molecule has 0 fully saturated rings. The van der Waals surface area contributed by atoms with Crippen LogP contribution in [0.2, 0.25) is 0 Å². The monoisotopic (exact) mass is 338 g/mol. The minimum atomic E-state index is 0.319. The second-order valence-corrected chi connectivity index (χ2v) is 6.90. The Morgan fingerprint density at radius 3 is 2.63 bits per heavy atom. The number of halogens is 1. The fourth-order valence-electron chi connectivity index (χ4n) is 2.01. The molecule has 0 saturated carbocycles. The number of aryl methyl sites for hydroxylation is 1. The summed E-state index contributed by atoms with van der Waals surface area (Å²) in [6, 6.07) is 8.66. The van der Waals surface area contributed by atoms with E-state index in [0.29, 0.717) is 12.0 Å². The molecular weight excluding hydrogens is 320 g/mol. The van der Waals surface area contributed by atoms with Gasteiger partial charge < -0.3 is 11.1 Å². The first-order chi connectivity index (χ1) is 8.99. The third-order valence-corrected chi connectivity index (χ3v) is 4.79. The summed E-state index contributed by atoms with van der Waals surface area (Å²) in [6.45, 7) is 6.49. The molecule has 0 bridgehead atoms. The molecule has 0 aliphatic rings. The van der Waals surface area contributed by atoms with Crippen molar-refractivity contribution in [1.29, 1.82) is 0 Å². The minimum absolute atomic E-state index is 0.319. The standard InChI is InChI=1S/C15H19BrN2S/c1-9(2)15(14-5-4-6-19-14)18-13-7-10(3)12(17)8-11(13)16/h4-9,15,18H,17H2,1-3H3. The molecule has 1 aromatic heterocycles. The van der Waals surface area contributed by atoms with Crippen molar-refractivity contribution in [1.82, 2.24) is 0 Å².